The molecule has 3 rings (SSSR count). The molecular weight excluding hydrogens is 346 g/mol. The molecule has 0 aliphatic rings. The van der Waals surface area contributed by atoms with Crippen LogP contribution in [0.4, 0.5) is 0 Å². The zero-order valence-electron chi connectivity index (χ0n) is 11.7. The first kappa shape index (κ1) is 14.4. The fourth-order valence-corrected chi connectivity index (χ4v) is 2.42. The molecule has 7 heteroatoms. The van der Waals surface area contributed by atoms with Gasteiger partial charge in [0.25, 0.3) is 5.91 Å². The number of hydrazone groups is 1. The van der Waals surface area contributed by atoms with Crippen molar-refractivity contribution in [2.45, 2.75) is 6.92 Å². The van der Waals surface area contributed by atoms with Crippen LogP contribution < -0.4 is 5.43 Å². The molecule has 0 spiro atoms. The lowest BCUT2D eigenvalue weighted by molar-refractivity contribution is 0.0948. The molecule has 0 radical (unpaired) electrons. The smallest absolute Gasteiger partial charge is 0.290 e. The van der Waals surface area contributed by atoms with Gasteiger partial charge in [-0.15, -0.1) is 0 Å². The molecule has 0 aliphatic heterocycles. The molecule has 0 aliphatic carbocycles. The minimum atomic E-state index is -0.316. The van der Waals surface area contributed by atoms with Gasteiger partial charge in [0.05, 0.1) is 11.9 Å². The number of pyridine rings is 2. The zero-order chi connectivity index (χ0) is 15.5. The van der Waals surface area contributed by atoms with E-state index in [2.05, 4.69) is 36.4 Å². The Morgan fingerprint density at radius 2 is 2.27 bits per heavy atom. The Labute approximate surface area is 135 Å². The van der Waals surface area contributed by atoms with Gasteiger partial charge < -0.3 is 0 Å². The highest BCUT2D eigenvalue weighted by atomic mass is 79.9. The van der Waals surface area contributed by atoms with E-state index in [-0.39, 0.29) is 5.91 Å². The van der Waals surface area contributed by atoms with Crippen molar-refractivity contribution in [3.63, 3.8) is 0 Å². The second-order valence-electron chi connectivity index (χ2n) is 4.61. The largest absolute Gasteiger partial charge is 0.294 e. The maximum atomic E-state index is 12.3. The van der Waals surface area contributed by atoms with Crippen molar-refractivity contribution >= 4 is 33.7 Å². The van der Waals surface area contributed by atoms with Crippen LogP contribution in [0.5, 0.6) is 0 Å². The number of amides is 1. The van der Waals surface area contributed by atoms with Gasteiger partial charge in [-0.2, -0.15) is 5.10 Å². The molecule has 0 bridgehead atoms. The van der Waals surface area contributed by atoms with Gasteiger partial charge in [0.15, 0.2) is 0 Å². The normalized spacial score (nSPS) is 11.2. The molecule has 0 fully saturated rings. The molecule has 0 unspecified atom stereocenters. The molecule has 110 valence electrons. The quantitative estimate of drug-likeness (QED) is 0.578. The predicted octanol–water partition coefficient (Wildman–Crippen LogP) is 2.56. The second-order valence-corrected chi connectivity index (χ2v) is 5.52. The summed E-state index contributed by atoms with van der Waals surface area (Å²) in [6, 6.07) is 7.37. The van der Waals surface area contributed by atoms with Gasteiger partial charge in [-0.3, -0.25) is 14.2 Å². The molecule has 3 aromatic rings. The van der Waals surface area contributed by atoms with Crippen LogP contribution >= 0.6 is 15.9 Å². The summed E-state index contributed by atoms with van der Waals surface area (Å²) < 4.78 is 2.60. The third-order valence-electron chi connectivity index (χ3n) is 3.04. The number of nitrogens with zero attached hydrogens (tertiary/aromatic N) is 4. The fraction of sp³-hybridized carbons (Fsp3) is 0.0667. The highest BCUT2D eigenvalue weighted by Crippen LogP contribution is 2.16. The first-order valence-corrected chi connectivity index (χ1v) is 7.32. The maximum Gasteiger partial charge on any atom is 0.290 e. The van der Waals surface area contributed by atoms with Gasteiger partial charge in [-0.05, 0) is 41.1 Å². The summed E-state index contributed by atoms with van der Waals surface area (Å²) in [6.07, 6.45) is 6.68. The van der Waals surface area contributed by atoms with Crippen LogP contribution in [0.15, 0.2) is 52.4 Å². The van der Waals surface area contributed by atoms with Crippen LogP contribution in [0.2, 0.25) is 0 Å². The fourth-order valence-electron chi connectivity index (χ4n) is 2.08. The molecule has 22 heavy (non-hydrogen) atoms. The summed E-state index contributed by atoms with van der Waals surface area (Å²) in [4.78, 5) is 20.7. The van der Waals surface area contributed by atoms with E-state index < -0.39 is 0 Å². The molecule has 1 amide bonds. The summed E-state index contributed by atoms with van der Waals surface area (Å²) in [5.41, 5.74) is 5.13. The molecular formula is C15H12BrN5O. The van der Waals surface area contributed by atoms with Gasteiger partial charge >= 0.3 is 0 Å². The number of imidazole rings is 1. The van der Waals surface area contributed by atoms with E-state index in [0.717, 1.165) is 10.0 Å². The van der Waals surface area contributed by atoms with Crippen LogP contribution in [0, 0.1) is 6.92 Å². The molecule has 6 nitrogen and oxygen atoms in total. The number of carbonyl (C=O) groups excluding carboxylic acids is 1. The lowest BCUT2D eigenvalue weighted by Crippen LogP contribution is -2.20. The molecule has 1 N–H and O–H groups in total. The van der Waals surface area contributed by atoms with E-state index in [4.69, 9.17) is 0 Å². The van der Waals surface area contributed by atoms with E-state index in [1.54, 1.807) is 42.2 Å². The number of carbonyl (C=O) groups is 1. The standard InChI is InChI=1S/C15H12BrN5O/c1-10-14(21-9-12(16)4-5-13(21)19-10)15(22)20-18-8-11-3-2-6-17-7-11/h2-9H,1H3,(H,20,22)/b18-8-. The highest BCUT2D eigenvalue weighted by Gasteiger charge is 2.16. The minimum Gasteiger partial charge on any atom is -0.294 e. The van der Waals surface area contributed by atoms with Crippen molar-refractivity contribution < 1.29 is 4.79 Å². The zero-order valence-corrected chi connectivity index (χ0v) is 13.3. The number of hydrogen-bond acceptors (Lipinski definition) is 4. The molecule has 0 saturated heterocycles. The van der Waals surface area contributed by atoms with Crippen LogP contribution in [0.25, 0.3) is 5.65 Å². The van der Waals surface area contributed by atoms with Crippen LogP contribution in [-0.2, 0) is 0 Å². The van der Waals surface area contributed by atoms with Crippen molar-refractivity contribution in [1.29, 1.82) is 0 Å². The number of fused-ring (bicyclic) bond motifs is 1. The third kappa shape index (κ3) is 2.89. The Hall–Kier alpha value is -2.54. The first-order valence-electron chi connectivity index (χ1n) is 6.53. The summed E-state index contributed by atoms with van der Waals surface area (Å²) in [5.74, 6) is -0.316. The summed E-state index contributed by atoms with van der Waals surface area (Å²) >= 11 is 3.39. The molecule has 0 atom stereocenters. The monoisotopic (exact) mass is 357 g/mol. The first-order chi connectivity index (χ1) is 10.6. The lowest BCUT2D eigenvalue weighted by atomic mass is 10.3. The topological polar surface area (TPSA) is 71.7 Å². The number of nitrogens with one attached hydrogen (secondary N) is 1. The lowest BCUT2D eigenvalue weighted by Gasteiger charge is -2.02. The van der Waals surface area contributed by atoms with Crippen molar-refractivity contribution in [3.05, 3.63) is 64.3 Å². The van der Waals surface area contributed by atoms with Crippen molar-refractivity contribution in [1.82, 2.24) is 19.8 Å². The highest BCUT2D eigenvalue weighted by molar-refractivity contribution is 9.10. The Morgan fingerprint density at radius 1 is 1.41 bits per heavy atom. The van der Waals surface area contributed by atoms with Gasteiger partial charge in [0.1, 0.15) is 11.3 Å². The van der Waals surface area contributed by atoms with Gasteiger partial charge in [0, 0.05) is 28.6 Å². The molecule has 0 aromatic carbocycles. The van der Waals surface area contributed by atoms with E-state index >= 15 is 0 Å². The average molecular weight is 358 g/mol. The minimum absolute atomic E-state index is 0.316. The van der Waals surface area contributed by atoms with E-state index in [1.165, 1.54) is 0 Å². The Morgan fingerprint density at radius 3 is 3.05 bits per heavy atom. The van der Waals surface area contributed by atoms with E-state index in [9.17, 15) is 4.79 Å². The Kier molecular flexibility index (Phi) is 3.97. The number of halogens is 1. The Bertz CT molecular complexity index is 857. The van der Waals surface area contributed by atoms with E-state index in [0.29, 0.717) is 17.0 Å². The number of aryl methyl sites for hydroxylation is 1. The van der Waals surface area contributed by atoms with Crippen LogP contribution in [0.3, 0.4) is 0 Å². The van der Waals surface area contributed by atoms with Crippen LogP contribution in [-0.4, -0.2) is 26.5 Å². The number of aromatic nitrogens is 3. The van der Waals surface area contributed by atoms with E-state index in [1.807, 2.05) is 18.2 Å². The summed E-state index contributed by atoms with van der Waals surface area (Å²) in [5, 5.41) is 3.95. The summed E-state index contributed by atoms with van der Waals surface area (Å²) in [7, 11) is 0. The Balaban J connectivity index is 1.85. The molecule has 0 saturated carbocycles. The van der Waals surface area contributed by atoms with Gasteiger partial charge in [-0.25, -0.2) is 10.4 Å². The summed E-state index contributed by atoms with van der Waals surface area (Å²) in [6.45, 7) is 1.79. The number of rotatable bonds is 3. The third-order valence-corrected chi connectivity index (χ3v) is 3.51. The van der Waals surface area contributed by atoms with Crippen molar-refractivity contribution in [2.24, 2.45) is 5.10 Å². The van der Waals surface area contributed by atoms with Crippen LogP contribution in [0.1, 0.15) is 21.7 Å². The van der Waals surface area contributed by atoms with Crippen molar-refractivity contribution in [2.75, 3.05) is 0 Å². The predicted molar refractivity (Wildman–Crippen MR) is 86.9 cm³/mol. The van der Waals surface area contributed by atoms with Gasteiger partial charge in [0.2, 0.25) is 0 Å². The maximum absolute atomic E-state index is 12.3. The number of hydrogen-bond donors (Lipinski definition) is 1. The molecule has 3 heterocycles. The van der Waals surface area contributed by atoms with Crippen molar-refractivity contribution in [3.8, 4) is 0 Å². The SMILES string of the molecule is Cc1nc2ccc(Br)cn2c1C(=O)N/N=C\c1cccnc1. The molecule has 3 aromatic heterocycles. The second kappa shape index (κ2) is 6.07. The van der Waals surface area contributed by atoms with Gasteiger partial charge in [-0.1, -0.05) is 6.07 Å². The average Bonchev–Trinajstić information content (AvgIpc) is 2.83.